The van der Waals surface area contributed by atoms with Crippen molar-refractivity contribution in [1.29, 1.82) is 0 Å². The Morgan fingerprint density at radius 1 is 1.22 bits per heavy atom. The predicted molar refractivity (Wildman–Crippen MR) is 67.7 cm³/mol. The number of anilines is 1. The highest BCUT2D eigenvalue weighted by Gasteiger charge is 2.11. The molecule has 0 aliphatic carbocycles. The fourth-order valence-corrected chi connectivity index (χ4v) is 1.57. The van der Waals surface area contributed by atoms with Crippen LogP contribution in [0.5, 0.6) is 0 Å². The SMILES string of the molecule is CC(=O)c1ccc(NC(=O)c2nc[nH]c2C)cc1. The lowest BCUT2D eigenvalue weighted by Gasteiger charge is -2.04. The van der Waals surface area contributed by atoms with Crippen LogP contribution in [-0.4, -0.2) is 21.7 Å². The smallest absolute Gasteiger partial charge is 0.276 e. The van der Waals surface area contributed by atoms with E-state index >= 15 is 0 Å². The van der Waals surface area contributed by atoms with E-state index in [-0.39, 0.29) is 11.7 Å². The molecule has 0 unspecified atom stereocenters. The number of H-pyrrole nitrogens is 1. The average molecular weight is 243 g/mol. The Hall–Kier alpha value is -2.43. The molecule has 0 atom stereocenters. The summed E-state index contributed by atoms with van der Waals surface area (Å²) < 4.78 is 0. The molecule has 0 fully saturated rings. The lowest BCUT2D eigenvalue weighted by molar-refractivity contribution is 0.101. The number of Topliss-reactive ketones (excluding diaryl/α,β-unsaturated/α-hetero) is 1. The molecular weight excluding hydrogens is 230 g/mol. The number of amides is 1. The van der Waals surface area contributed by atoms with Crippen molar-refractivity contribution in [1.82, 2.24) is 9.97 Å². The maximum Gasteiger partial charge on any atom is 0.276 e. The number of imidazole rings is 1. The Kier molecular flexibility index (Phi) is 3.23. The van der Waals surface area contributed by atoms with Crippen molar-refractivity contribution in [2.45, 2.75) is 13.8 Å². The molecule has 0 spiro atoms. The lowest BCUT2D eigenvalue weighted by Crippen LogP contribution is -2.13. The van der Waals surface area contributed by atoms with E-state index in [1.807, 2.05) is 0 Å². The number of ketones is 1. The minimum atomic E-state index is -0.274. The van der Waals surface area contributed by atoms with Gasteiger partial charge in [0, 0.05) is 16.9 Å². The zero-order chi connectivity index (χ0) is 13.1. The first kappa shape index (κ1) is 12.0. The molecule has 0 bridgehead atoms. The summed E-state index contributed by atoms with van der Waals surface area (Å²) in [4.78, 5) is 29.7. The molecule has 92 valence electrons. The third-order valence-corrected chi connectivity index (χ3v) is 2.59. The molecule has 2 aromatic rings. The molecule has 0 aliphatic rings. The van der Waals surface area contributed by atoms with Crippen LogP contribution in [0.1, 0.15) is 33.5 Å². The van der Waals surface area contributed by atoms with E-state index in [1.165, 1.54) is 13.3 Å². The van der Waals surface area contributed by atoms with Crippen LogP contribution in [0.3, 0.4) is 0 Å². The van der Waals surface area contributed by atoms with Gasteiger partial charge in [0.05, 0.1) is 6.33 Å². The van der Waals surface area contributed by atoms with Crippen molar-refractivity contribution in [3.8, 4) is 0 Å². The summed E-state index contributed by atoms with van der Waals surface area (Å²) in [5, 5.41) is 2.72. The van der Waals surface area contributed by atoms with Crippen LogP contribution < -0.4 is 5.32 Å². The monoisotopic (exact) mass is 243 g/mol. The molecule has 2 rings (SSSR count). The Bertz CT molecular complexity index is 585. The Morgan fingerprint density at radius 2 is 1.89 bits per heavy atom. The molecule has 1 amide bonds. The molecule has 0 saturated carbocycles. The average Bonchev–Trinajstić information content (AvgIpc) is 2.76. The normalized spacial score (nSPS) is 10.1. The second kappa shape index (κ2) is 4.83. The van der Waals surface area contributed by atoms with Crippen molar-refractivity contribution in [2.75, 3.05) is 5.32 Å². The zero-order valence-corrected chi connectivity index (χ0v) is 10.2. The standard InChI is InChI=1S/C13H13N3O2/c1-8-12(15-7-14-8)13(18)16-11-5-3-10(4-6-11)9(2)17/h3-7H,1-2H3,(H,14,15)(H,16,18). The third kappa shape index (κ3) is 2.45. The molecular formula is C13H13N3O2. The van der Waals surface area contributed by atoms with Crippen molar-refractivity contribution >= 4 is 17.4 Å². The quantitative estimate of drug-likeness (QED) is 0.811. The Balaban J connectivity index is 2.13. The van der Waals surface area contributed by atoms with E-state index < -0.39 is 0 Å². The number of aryl methyl sites for hydroxylation is 1. The van der Waals surface area contributed by atoms with E-state index in [9.17, 15) is 9.59 Å². The molecule has 1 aromatic heterocycles. The fraction of sp³-hybridized carbons (Fsp3) is 0.154. The van der Waals surface area contributed by atoms with Crippen molar-refractivity contribution in [3.05, 3.63) is 47.5 Å². The molecule has 5 heteroatoms. The molecule has 18 heavy (non-hydrogen) atoms. The zero-order valence-electron chi connectivity index (χ0n) is 10.2. The van der Waals surface area contributed by atoms with Gasteiger partial charge in [0.2, 0.25) is 0 Å². The van der Waals surface area contributed by atoms with Gasteiger partial charge in [-0.15, -0.1) is 0 Å². The van der Waals surface area contributed by atoms with Crippen molar-refractivity contribution in [3.63, 3.8) is 0 Å². The van der Waals surface area contributed by atoms with Gasteiger partial charge >= 0.3 is 0 Å². The molecule has 2 N–H and O–H groups in total. The molecule has 0 radical (unpaired) electrons. The van der Waals surface area contributed by atoms with E-state index in [0.29, 0.717) is 22.6 Å². The number of aromatic nitrogens is 2. The van der Waals surface area contributed by atoms with Crippen LogP contribution in [0, 0.1) is 6.92 Å². The minimum Gasteiger partial charge on any atom is -0.348 e. The van der Waals surface area contributed by atoms with Gasteiger partial charge in [-0.05, 0) is 38.1 Å². The van der Waals surface area contributed by atoms with Gasteiger partial charge in [-0.2, -0.15) is 0 Å². The minimum absolute atomic E-state index is 0.00368. The maximum atomic E-state index is 11.9. The van der Waals surface area contributed by atoms with E-state index in [1.54, 1.807) is 31.2 Å². The van der Waals surface area contributed by atoms with Gasteiger partial charge < -0.3 is 10.3 Å². The van der Waals surface area contributed by atoms with Gasteiger partial charge in [0.15, 0.2) is 5.78 Å². The van der Waals surface area contributed by atoms with E-state index in [2.05, 4.69) is 15.3 Å². The molecule has 0 aliphatic heterocycles. The molecule has 1 aromatic carbocycles. The number of hydrogen-bond acceptors (Lipinski definition) is 3. The van der Waals surface area contributed by atoms with Crippen LogP contribution in [0.4, 0.5) is 5.69 Å². The van der Waals surface area contributed by atoms with Gasteiger partial charge in [-0.25, -0.2) is 4.98 Å². The van der Waals surface area contributed by atoms with Crippen LogP contribution >= 0.6 is 0 Å². The lowest BCUT2D eigenvalue weighted by atomic mass is 10.1. The van der Waals surface area contributed by atoms with Gasteiger partial charge in [-0.1, -0.05) is 0 Å². The topological polar surface area (TPSA) is 74.8 Å². The van der Waals surface area contributed by atoms with Gasteiger partial charge in [0.1, 0.15) is 5.69 Å². The number of rotatable bonds is 3. The second-order valence-corrected chi connectivity index (χ2v) is 3.96. The summed E-state index contributed by atoms with van der Waals surface area (Å²) >= 11 is 0. The molecule has 5 nitrogen and oxygen atoms in total. The first-order valence-corrected chi connectivity index (χ1v) is 5.50. The maximum absolute atomic E-state index is 11.9. The van der Waals surface area contributed by atoms with Gasteiger partial charge in [-0.3, -0.25) is 9.59 Å². The van der Waals surface area contributed by atoms with Crippen molar-refractivity contribution in [2.24, 2.45) is 0 Å². The third-order valence-electron chi connectivity index (χ3n) is 2.59. The Morgan fingerprint density at radius 3 is 2.39 bits per heavy atom. The number of aromatic amines is 1. The summed E-state index contributed by atoms with van der Waals surface area (Å²) in [6.07, 6.45) is 1.48. The number of nitrogens with zero attached hydrogens (tertiary/aromatic N) is 1. The second-order valence-electron chi connectivity index (χ2n) is 3.96. The first-order chi connectivity index (χ1) is 8.58. The molecule has 0 saturated heterocycles. The Labute approximate surface area is 104 Å². The summed E-state index contributed by atoms with van der Waals surface area (Å²) in [5.74, 6) is -0.277. The summed E-state index contributed by atoms with van der Waals surface area (Å²) in [6.45, 7) is 3.28. The van der Waals surface area contributed by atoms with Gasteiger partial charge in [0.25, 0.3) is 5.91 Å². The highest BCUT2D eigenvalue weighted by molar-refractivity contribution is 6.04. The largest absolute Gasteiger partial charge is 0.348 e. The fourth-order valence-electron chi connectivity index (χ4n) is 1.57. The van der Waals surface area contributed by atoms with E-state index in [4.69, 9.17) is 0 Å². The van der Waals surface area contributed by atoms with E-state index in [0.717, 1.165) is 0 Å². The predicted octanol–water partition coefficient (Wildman–Crippen LogP) is 2.17. The number of nitrogens with one attached hydrogen (secondary N) is 2. The number of hydrogen-bond donors (Lipinski definition) is 2. The summed E-state index contributed by atoms with van der Waals surface area (Å²) in [7, 11) is 0. The highest BCUT2D eigenvalue weighted by Crippen LogP contribution is 2.12. The highest BCUT2D eigenvalue weighted by atomic mass is 16.2. The number of carbonyl (C=O) groups excluding carboxylic acids is 2. The van der Waals surface area contributed by atoms with Crippen molar-refractivity contribution < 1.29 is 9.59 Å². The molecule has 1 heterocycles. The summed E-state index contributed by atoms with van der Waals surface area (Å²) in [6, 6.07) is 6.73. The van der Waals surface area contributed by atoms with Crippen LogP contribution in [0.2, 0.25) is 0 Å². The number of benzene rings is 1. The summed E-state index contributed by atoms with van der Waals surface area (Å²) in [5.41, 5.74) is 2.33. The number of carbonyl (C=O) groups is 2. The van der Waals surface area contributed by atoms with Crippen LogP contribution in [0.15, 0.2) is 30.6 Å². The van der Waals surface area contributed by atoms with Crippen LogP contribution in [0.25, 0.3) is 0 Å². The first-order valence-electron chi connectivity index (χ1n) is 5.50. The van der Waals surface area contributed by atoms with Crippen LogP contribution in [-0.2, 0) is 0 Å².